The first-order valence-corrected chi connectivity index (χ1v) is 9.61. The van der Waals surface area contributed by atoms with Crippen molar-refractivity contribution in [1.82, 2.24) is 5.32 Å². The van der Waals surface area contributed by atoms with Gasteiger partial charge in [0.25, 0.3) is 0 Å². The molecule has 4 nitrogen and oxygen atoms in total. The van der Waals surface area contributed by atoms with Gasteiger partial charge in [-0.3, -0.25) is 4.79 Å². The monoisotopic (exact) mass is 374 g/mol. The highest BCUT2D eigenvalue weighted by molar-refractivity contribution is 5.80. The Morgan fingerprint density at radius 3 is 2.11 bits per heavy atom. The molecule has 28 heavy (non-hydrogen) atoms. The zero-order valence-corrected chi connectivity index (χ0v) is 15.9. The lowest BCUT2D eigenvalue weighted by atomic mass is 10.1. The number of carbonyl (C=O) groups is 1. The molecule has 0 saturated carbocycles. The fraction of sp³-hybridized carbons (Fsp3) is 0.208. The van der Waals surface area contributed by atoms with Gasteiger partial charge in [0.2, 0.25) is 5.91 Å². The van der Waals surface area contributed by atoms with E-state index < -0.39 is 0 Å². The van der Waals surface area contributed by atoms with Crippen LogP contribution in [-0.4, -0.2) is 19.1 Å². The Morgan fingerprint density at radius 1 is 0.786 bits per heavy atom. The van der Waals surface area contributed by atoms with Gasteiger partial charge in [-0.15, -0.1) is 0 Å². The van der Waals surface area contributed by atoms with Crippen molar-refractivity contribution in [1.29, 1.82) is 0 Å². The van der Waals surface area contributed by atoms with Gasteiger partial charge < -0.3 is 15.4 Å². The number of hydrogen-bond acceptors (Lipinski definition) is 3. The molecule has 4 heteroatoms. The Hall–Kier alpha value is -3.27. The van der Waals surface area contributed by atoms with Gasteiger partial charge in [0.05, 0.1) is 13.2 Å². The van der Waals surface area contributed by atoms with E-state index in [0.717, 1.165) is 29.8 Å². The van der Waals surface area contributed by atoms with E-state index in [1.54, 1.807) is 0 Å². The van der Waals surface area contributed by atoms with Crippen molar-refractivity contribution in [3.63, 3.8) is 0 Å². The highest BCUT2D eigenvalue weighted by Gasteiger charge is 2.02. The van der Waals surface area contributed by atoms with Crippen LogP contribution in [0.3, 0.4) is 0 Å². The molecular formula is C24H26N2O2. The lowest BCUT2D eigenvalue weighted by Crippen LogP contribution is -2.29. The molecule has 144 valence electrons. The first kappa shape index (κ1) is 19.5. The van der Waals surface area contributed by atoms with E-state index in [-0.39, 0.29) is 12.5 Å². The third-order valence-corrected chi connectivity index (χ3v) is 4.36. The van der Waals surface area contributed by atoms with Crippen LogP contribution >= 0.6 is 0 Å². The smallest absolute Gasteiger partial charge is 0.239 e. The van der Waals surface area contributed by atoms with E-state index in [9.17, 15) is 4.79 Å². The molecule has 0 spiro atoms. The fourth-order valence-electron chi connectivity index (χ4n) is 2.82. The quantitative estimate of drug-likeness (QED) is 0.516. The zero-order chi connectivity index (χ0) is 19.4. The molecule has 0 fully saturated rings. The minimum absolute atomic E-state index is 0.0370. The van der Waals surface area contributed by atoms with Crippen LogP contribution in [0.4, 0.5) is 5.69 Å². The first-order valence-electron chi connectivity index (χ1n) is 9.61. The number of aryl methyl sites for hydroxylation is 1. The molecule has 0 atom stereocenters. The minimum Gasteiger partial charge on any atom is -0.494 e. The minimum atomic E-state index is -0.0370. The number of anilines is 1. The summed E-state index contributed by atoms with van der Waals surface area (Å²) in [4.78, 5) is 11.9. The number of nitrogens with one attached hydrogen (secondary N) is 2. The molecule has 0 aliphatic carbocycles. The Kier molecular flexibility index (Phi) is 7.50. The topological polar surface area (TPSA) is 50.4 Å². The largest absolute Gasteiger partial charge is 0.494 e. The number of hydrogen-bond donors (Lipinski definition) is 2. The second-order valence-electron chi connectivity index (χ2n) is 6.58. The maximum Gasteiger partial charge on any atom is 0.239 e. The Morgan fingerprint density at radius 2 is 1.43 bits per heavy atom. The molecule has 3 aromatic carbocycles. The van der Waals surface area contributed by atoms with Crippen LogP contribution in [-0.2, 0) is 17.8 Å². The lowest BCUT2D eigenvalue weighted by Gasteiger charge is -2.10. The SMILES string of the molecule is O=C(CNc1ccc(OCCCc2ccccc2)cc1)NCc1ccccc1. The van der Waals surface area contributed by atoms with Gasteiger partial charge in [-0.25, -0.2) is 0 Å². The average Bonchev–Trinajstić information content (AvgIpc) is 2.76. The molecule has 0 saturated heterocycles. The predicted octanol–water partition coefficient (Wildman–Crippen LogP) is 4.43. The van der Waals surface area contributed by atoms with Crippen molar-refractivity contribution < 1.29 is 9.53 Å². The normalized spacial score (nSPS) is 10.3. The van der Waals surface area contributed by atoms with Crippen LogP contribution in [0.1, 0.15) is 17.5 Å². The van der Waals surface area contributed by atoms with Crippen LogP contribution in [0.25, 0.3) is 0 Å². The standard InChI is InChI=1S/C24H26N2O2/c27-24(26-18-21-10-5-2-6-11-21)19-25-22-13-15-23(16-14-22)28-17-7-12-20-8-3-1-4-9-20/h1-6,8-11,13-16,25H,7,12,17-19H2,(H,26,27). The molecule has 3 aromatic rings. The molecule has 3 rings (SSSR count). The van der Waals surface area contributed by atoms with Crippen LogP contribution in [0, 0.1) is 0 Å². The molecule has 0 heterocycles. The van der Waals surface area contributed by atoms with Crippen molar-refractivity contribution in [2.24, 2.45) is 0 Å². The average molecular weight is 374 g/mol. The van der Waals surface area contributed by atoms with Crippen molar-refractivity contribution in [2.75, 3.05) is 18.5 Å². The van der Waals surface area contributed by atoms with Crippen LogP contribution in [0.15, 0.2) is 84.9 Å². The van der Waals surface area contributed by atoms with E-state index in [1.807, 2.05) is 60.7 Å². The molecule has 0 aromatic heterocycles. The molecule has 0 bridgehead atoms. The van der Waals surface area contributed by atoms with Gasteiger partial charge in [-0.1, -0.05) is 60.7 Å². The van der Waals surface area contributed by atoms with Crippen LogP contribution < -0.4 is 15.4 Å². The van der Waals surface area contributed by atoms with Gasteiger partial charge in [-0.05, 0) is 48.2 Å². The second kappa shape index (κ2) is 10.8. The van der Waals surface area contributed by atoms with Crippen LogP contribution in [0.2, 0.25) is 0 Å². The summed E-state index contributed by atoms with van der Waals surface area (Å²) in [6.45, 7) is 1.46. The number of carbonyl (C=O) groups excluding carboxylic acids is 1. The maximum atomic E-state index is 11.9. The molecule has 0 aliphatic rings. The third-order valence-electron chi connectivity index (χ3n) is 4.36. The summed E-state index contributed by atoms with van der Waals surface area (Å²) in [5.74, 6) is 0.803. The summed E-state index contributed by atoms with van der Waals surface area (Å²) in [6, 6.07) is 28.0. The van der Waals surface area contributed by atoms with Gasteiger partial charge in [0.15, 0.2) is 0 Å². The summed E-state index contributed by atoms with van der Waals surface area (Å²) < 4.78 is 5.79. The summed E-state index contributed by atoms with van der Waals surface area (Å²) in [5, 5.41) is 6.03. The van der Waals surface area contributed by atoms with E-state index >= 15 is 0 Å². The molecular weight excluding hydrogens is 348 g/mol. The van der Waals surface area contributed by atoms with Crippen LogP contribution in [0.5, 0.6) is 5.75 Å². The highest BCUT2D eigenvalue weighted by atomic mass is 16.5. The summed E-state index contributed by atoms with van der Waals surface area (Å²) in [6.07, 6.45) is 1.99. The van der Waals surface area contributed by atoms with Gasteiger partial charge >= 0.3 is 0 Å². The highest BCUT2D eigenvalue weighted by Crippen LogP contribution is 2.16. The van der Waals surface area contributed by atoms with Crippen molar-refractivity contribution in [2.45, 2.75) is 19.4 Å². The van der Waals surface area contributed by atoms with Gasteiger partial charge in [-0.2, -0.15) is 0 Å². The first-order chi connectivity index (χ1) is 13.8. The number of ether oxygens (including phenoxy) is 1. The second-order valence-corrected chi connectivity index (χ2v) is 6.58. The number of rotatable bonds is 10. The Bertz CT molecular complexity index is 833. The number of benzene rings is 3. The fourth-order valence-corrected chi connectivity index (χ4v) is 2.82. The lowest BCUT2D eigenvalue weighted by molar-refractivity contribution is -0.119. The predicted molar refractivity (Wildman–Crippen MR) is 113 cm³/mol. The van der Waals surface area contributed by atoms with E-state index in [1.165, 1.54) is 5.56 Å². The van der Waals surface area contributed by atoms with Gasteiger partial charge in [0, 0.05) is 12.2 Å². The molecule has 1 amide bonds. The van der Waals surface area contributed by atoms with E-state index in [0.29, 0.717) is 13.2 Å². The molecule has 0 radical (unpaired) electrons. The third kappa shape index (κ3) is 6.80. The zero-order valence-electron chi connectivity index (χ0n) is 15.9. The molecule has 0 unspecified atom stereocenters. The number of amides is 1. The summed E-state index contributed by atoms with van der Waals surface area (Å²) in [7, 11) is 0. The summed E-state index contributed by atoms with van der Waals surface area (Å²) in [5.41, 5.74) is 3.31. The maximum absolute atomic E-state index is 11.9. The van der Waals surface area contributed by atoms with Crippen molar-refractivity contribution in [3.8, 4) is 5.75 Å². The molecule has 2 N–H and O–H groups in total. The van der Waals surface area contributed by atoms with E-state index in [4.69, 9.17) is 4.74 Å². The van der Waals surface area contributed by atoms with Gasteiger partial charge in [0.1, 0.15) is 5.75 Å². The van der Waals surface area contributed by atoms with Crippen molar-refractivity contribution in [3.05, 3.63) is 96.1 Å². The Balaban J connectivity index is 1.33. The Labute approximate surface area is 166 Å². The van der Waals surface area contributed by atoms with E-state index in [2.05, 4.69) is 34.9 Å². The molecule has 0 aliphatic heterocycles. The summed E-state index contributed by atoms with van der Waals surface area (Å²) >= 11 is 0. The van der Waals surface area contributed by atoms with Crippen molar-refractivity contribution >= 4 is 11.6 Å².